The Labute approximate surface area is 131 Å². The Morgan fingerprint density at radius 2 is 2.05 bits per heavy atom. The Kier molecular flexibility index (Phi) is 4.38. The summed E-state index contributed by atoms with van der Waals surface area (Å²) in [6, 6.07) is 7.81. The van der Waals surface area contributed by atoms with Crippen molar-refractivity contribution in [2.45, 2.75) is 19.3 Å². The Morgan fingerprint density at radius 3 is 2.86 bits per heavy atom. The fourth-order valence-corrected chi connectivity index (χ4v) is 3.90. The molecule has 0 bridgehead atoms. The fourth-order valence-electron chi connectivity index (χ4n) is 2.81. The van der Waals surface area contributed by atoms with Gasteiger partial charge in [-0.25, -0.2) is 0 Å². The predicted octanol–water partition coefficient (Wildman–Crippen LogP) is 1.12. The summed E-state index contributed by atoms with van der Waals surface area (Å²) in [6.07, 6.45) is 2.22. The third kappa shape index (κ3) is 3.11. The average Bonchev–Trinajstić information content (AvgIpc) is 2.96. The maximum atomic E-state index is 12.3. The molecule has 0 radical (unpaired) electrons. The zero-order valence-corrected chi connectivity index (χ0v) is 13.0. The molecule has 22 heavy (non-hydrogen) atoms. The molecule has 1 aromatic rings. The van der Waals surface area contributed by atoms with E-state index in [0.29, 0.717) is 24.3 Å². The Hall–Kier alpha value is -1.95. The first kappa shape index (κ1) is 15.0. The number of rotatable bonds is 3. The minimum absolute atomic E-state index is 0.0306. The number of benzene rings is 1. The quantitative estimate of drug-likeness (QED) is 0.908. The minimum atomic E-state index is -1.06. The molecule has 2 amide bonds. The van der Waals surface area contributed by atoms with Crippen molar-refractivity contribution in [2.75, 3.05) is 23.7 Å². The van der Waals surface area contributed by atoms with Crippen molar-refractivity contribution in [1.29, 1.82) is 0 Å². The van der Waals surface area contributed by atoms with Crippen LogP contribution in [0.3, 0.4) is 0 Å². The van der Waals surface area contributed by atoms with Gasteiger partial charge in [0.25, 0.3) is 0 Å². The van der Waals surface area contributed by atoms with Crippen molar-refractivity contribution in [1.82, 2.24) is 5.32 Å². The van der Waals surface area contributed by atoms with E-state index in [4.69, 9.17) is 0 Å². The maximum Gasteiger partial charge on any atom is 0.248 e. The SMILES string of the molecule is O=C(NCC(=O)N1CCc2ccccc21)C1=CS(=O)CCC1. The van der Waals surface area contributed by atoms with E-state index in [9.17, 15) is 13.8 Å². The highest BCUT2D eigenvalue weighted by Crippen LogP contribution is 2.27. The summed E-state index contributed by atoms with van der Waals surface area (Å²) >= 11 is 0. The third-order valence-electron chi connectivity index (χ3n) is 3.95. The number of nitrogens with zero attached hydrogens (tertiary/aromatic N) is 1. The highest BCUT2D eigenvalue weighted by Gasteiger charge is 2.24. The maximum absolute atomic E-state index is 12.3. The van der Waals surface area contributed by atoms with Crippen LogP contribution in [-0.4, -0.2) is 34.9 Å². The molecule has 3 rings (SSSR count). The summed E-state index contributed by atoms with van der Waals surface area (Å²) in [5, 5.41) is 4.16. The zero-order chi connectivity index (χ0) is 15.5. The summed E-state index contributed by atoms with van der Waals surface area (Å²) in [7, 11) is -1.06. The molecule has 2 heterocycles. The van der Waals surface area contributed by atoms with E-state index in [1.165, 1.54) is 5.41 Å². The molecule has 1 unspecified atom stereocenters. The number of hydrogen-bond acceptors (Lipinski definition) is 3. The molecule has 0 aromatic heterocycles. The molecule has 1 atom stereocenters. The molecule has 116 valence electrons. The summed E-state index contributed by atoms with van der Waals surface area (Å²) in [5.41, 5.74) is 2.62. The van der Waals surface area contributed by atoms with Crippen molar-refractivity contribution < 1.29 is 13.8 Å². The summed E-state index contributed by atoms with van der Waals surface area (Å²) in [6.45, 7) is 0.623. The number of anilines is 1. The van der Waals surface area contributed by atoms with Crippen molar-refractivity contribution in [3.63, 3.8) is 0 Å². The second-order valence-corrected chi connectivity index (χ2v) is 6.84. The number of carbonyl (C=O) groups excluding carboxylic acids is 2. The highest BCUT2D eigenvalue weighted by molar-refractivity contribution is 7.88. The molecule has 0 fully saturated rings. The van der Waals surface area contributed by atoms with Gasteiger partial charge in [0.2, 0.25) is 11.8 Å². The molecule has 0 saturated carbocycles. The van der Waals surface area contributed by atoms with Crippen molar-refractivity contribution in [3.8, 4) is 0 Å². The van der Waals surface area contributed by atoms with Gasteiger partial charge in [-0.1, -0.05) is 18.2 Å². The van der Waals surface area contributed by atoms with Gasteiger partial charge in [-0.15, -0.1) is 0 Å². The lowest BCUT2D eigenvalue weighted by molar-refractivity contribution is -0.122. The fraction of sp³-hybridized carbons (Fsp3) is 0.375. The van der Waals surface area contributed by atoms with Gasteiger partial charge in [0, 0.05) is 39.8 Å². The number of hydrogen-bond donors (Lipinski definition) is 1. The molecule has 2 aliphatic heterocycles. The summed E-state index contributed by atoms with van der Waals surface area (Å²) in [5.74, 6) is 0.213. The van der Waals surface area contributed by atoms with Gasteiger partial charge in [-0.05, 0) is 30.9 Å². The Bertz CT molecular complexity index is 669. The Balaban J connectivity index is 1.59. The van der Waals surface area contributed by atoms with Crippen LogP contribution in [0.15, 0.2) is 35.2 Å². The van der Waals surface area contributed by atoms with Crippen LogP contribution in [-0.2, 0) is 26.8 Å². The summed E-state index contributed by atoms with van der Waals surface area (Å²) in [4.78, 5) is 26.0. The monoisotopic (exact) mass is 318 g/mol. The molecule has 2 aliphatic rings. The molecular weight excluding hydrogens is 300 g/mol. The molecule has 5 nitrogen and oxygen atoms in total. The van der Waals surface area contributed by atoms with Gasteiger partial charge in [0.05, 0.1) is 6.54 Å². The second-order valence-electron chi connectivity index (χ2n) is 5.44. The van der Waals surface area contributed by atoms with Gasteiger partial charge in [0.15, 0.2) is 0 Å². The third-order valence-corrected chi connectivity index (χ3v) is 5.18. The van der Waals surface area contributed by atoms with Crippen LogP contribution in [0, 0.1) is 0 Å². The van der Waals surface area contributed by atoms with Crippen molar-refractivity contribution in [3.05, 3.63) is 40.8 Å². The van der Waals surface area contributed by atoms with Crippen LogP contribution in [0.5, 0.6) is 0 Å². The van der Waals surface area contributed by atoms with Crippen LogP contribution < -0.4 is 10.2 Å². The first-order valence-corrected chi connectivity index (χ1v) is 8.78. The van der Waals surface area contributed by atoms with Crippen LogP contribution >= 0.6 is 0 Å². The number of carbonyl (C=O) groups is 2. The average molecular weight is 318 g/mol. The zero-order valence-electron chi connectivity index (χ0n) is 12.2. The predicted molar refractivity (Wildman–Crippen MR) is 85.8 cm³/mol. The van der Waals surface area contributed by atoms with Gasteiger partial charge in [-0.2, -0.15) is 0 Å². The van der Waals surface area contributed by atoms with Gasteiger partial charge in [0.1, 0.15) is 0 Å². The van der Waals surface area contributed by atoms with Crippen LogP contribution in [0.25, 0.3) is 0 Å². The topological polar surface area (TPSA) is 66.5 Å². The highest BCUT2D eigenvalue weighted by atomic mass is 32.2. The van der Waals surface area contributed by atoms with E-state index < -0.39 is 10.8 Å². The molecule has 6 heteroatoms. The van der Waals surface area contributed by atoms with E-state index in [1.807, 2.05) is 24.3 Å². The van der Waals surface area contributed by atoms with E-state index >= 15 is 0 Å². The standard InChI is InChI=1S/C16H18N2O3S/c19-15(18-8-7-12-4-1-2-6-14(12)18)10-17-16(20)13-5-3-9-22(21)11-13/h1-2,4,6,11H,3,5,7-10H2,(H,17,20). The lowest BCUT2D eigenvalue weighted by atomic mass is 10.1. The van der Waals surface area contributed by atoms with Crippen molar-refractivity contribution >= 4 is 28.3 Å². The molecule has 0 spiro atoms. The number of amides is 2. The van der Waals surface area contributed by atoms with Gasteiger partial charge in [-0.3, -0.25) is 13.8 Å². The molecule has 0 saturated heterocycles. The Morgan fingerprint density at radius 1 is 1.23 bits per heavy atom. The number of para-hydroxylation sites is 1. The minimum Gasteiger partial charge on any atom is -0.343 e. The van der Waals surface area contributed by atoms with E-state index in [0.717, 1.165) is 24.1 Å². The number of nitrogens with one attached hydrogen (secondary N) is 1. The first-order chi connectivity index (χ1) is 10.6. The molecule has 0 aliphatic carbocycles. The smallest absolute Gasteiger partial charge is 0.248 e. The normalized spacial score (nSPS) is 20.3. The molecule has 1 aromatic carbocycles. The molecule has 1 N–H and O–H groups in total. The molecular formula is C16H18N2O3S. The van der Waals surface area contributed by atoms with Crippen LogP contribution in [0.4, 0.5) is 5.69 Å². The van der Waals surface area contributed by atoms with Crippen molar-refractivity contribution in [2.24, 2.45) is 0 Å². The van der Waals surface area contributed by atoms with Crippen LogP contribution in [0.1, 0.15) is 18.4 Å². The lowest BCUT2D eigenvalue weighted by Gasteiger charge is -2.18. The first-order valence-electron chi connectivity index (χ1n) is 7.39. The van der Waals surface area contributed by atoms with Gasteiger partial charge < -0.3 is 10.2 Å². The van der Waals surface area contributed by atoms with E-state index in [-0.39, 0.29) is 18.4 Å². The summed E-state index contributed by atoms with van der Waals surface area (Å²) < 4.78 is 11.4. The lowest BCUT2D eigenvalue weighted by Crippen LogP contribution is -2.40. The number of fused-ring (bicyclic) bond motifs is 1. The van der Waals surface area contributed by atoms with Gasteiger partial charge >= 0.3 is 0 Å². The van der Waals surface area contributed by atoms with E-state index in [2.05, 4.69) is 5.32 Å². The van der Waals surface area contributed by atoms with E-state index in [1.54, 1.807) is 4.90 Å². The second kappa shape index (κ2) is 6.44. The van der Waals surface area contributed by atoms with Crippen LogP contribution in [0.2, 0.25) is 0 Å². The largest absolute Gasteiger partial charge is 0.343 e.